The molecule has 3 heterocycles. The summed E-state index contributed by atoms with van der Waals surface area (Å²) in [4.78, 5) is 15.2. The van der Waals surface area contributed by atoms with Gasteiger partial charge < -0.3 is 10.2 Å². The highest BCUT2D eigenvalue weighted by Gasteiger charge is 2.36. The Labute approximate surface area is 177 Å². The van der Waals surface area contributed by atoms with Crippen molar-refractivity contribution < 1.29 is 13.2 Å². The second-order valence-electron chi connectivity index (χ2n) is 8.90. The Morgan fingerprint density at radius 2 is 1.66 bits per heavy atom. The third-order valence-electron chi connectivity index (χ3n) is 6.86. The Bertz CT molecular complexity index is 621. The second-order valence-corrected chi connectivity index (χ2v) is 10.8. The molecule has 0 aromatic rings. The molecule has 0 saturated carbocycles. The number of carbonyl (C=O) groups is 1. The molecule has 3 fully saturated rings. The van der Waals surface area contributed by atoms with Crippen molar-refractivity contribution in [3.63, 3.8) is 0 Å². The summed E-state index contributed by atoms with van der Waals surface area (Å²) >= 11 is 0. The van der Waals surface area contributed by atoms with Crippen molar-refractivity contribution in [2.24, 2.45) is 5.92 Å². The number of likely N-dealkylation sites (tertiary alicyclic amines) is 1. The number of nitrogens with one attached hydrogen (secondary N) is 1. The van der Waals surface area contributed by atoms with E-state index in [2.05, 4.69) is 17.1 Å². The third-order valence-corrected chi connectivity index (χ3v) is 8.87. The predicted octanol–water partition coefficient (Wildman–Crippen LogP) is 2.20. The number of hydrogen-bond donors (Lipinski definition) is 1. The van der Waals surface area contributed by atoms with Gasteiger partial charge in [-0.15, -0.1) is 0 Å². The molecule has 0 aromatic heterocycles. The molecule has 3 saturated heterocycles. The molecule has 2 unspecified atom stereocenters. The SMILES string of the molecule is CCC1CCCCN1CCCNC(=O)C1CCCN(S(=O)(=O)N2CCCCC2)C1. The van der Waals surface area contributed by atoms with E-state index >= 15 is 0 Å². The average molecular weight is 429 g/mol. The molecular formula is C21H40N4O3S. The van der Waals surface area contributed by atoms with Gasteiger partial charge >= 0.3 is 0 Å². The molecule has 168 valence electrons. The number of nitrogens with zero attached hydrogens (tertiary/aromatic N) is 3. The van der Waals surface area contributed by atoms with Crippen LogP contribution in [-0.2, 0) is 15.0 Å². The normalized spacial score (nSPS) is 28.3. The Hall–Kier alpha value is -0.700. The van der Waals surface area contributed by atoms with Crippen LogP contribution in [-0.4, -0.2) is 79.7 Å². The quantitative estimate of drug-likeness (QED) is 0.602. The largest absolute Gasteiger partial charge is 0.356 e. The van der Waals surface area contributed by atoms with Crippen LogP contribution in [0.3, 0.4) is 0 Å². The topological polar surface area (TPSA) is 73.0 Å². The lowest BCUT2D eigenvalue weighted by atomic mass is 9.98. The second kappa shape index (κ2) is 11.1. The Morgan fingerprint density at radius 1 is 0.931 bits per heavy atom. The molecule has 0 bridgehead atoms. The molecule has 3 rings (SSSR count). The molecule has 1 N–H and O–H groups in total. The first-order chi connectivity index (χ1) is 14.0. The van der Waals surface area contributed by atoms with Crippen LogP contribution in [0, 0.1) is 5.92 Å². The lowest BCUT2D eigenvalue weighted by molar-refractivity contribution is -0.126. The Morgan fingerprint density at radius 3 is 2.41 bits per heavy atom. The van der Waals surface area contributed by atoms with E-state index in [1.54, 1.807) is 8.61 Å². The molecule has 2 atom stereocenters. The Balaban J connectivity index is 1.42. The van der Waals surface area contributed by atoms with Gasteiger partial charge in [-0.05, 0) is 57.9 Å². The van der Waals surface area contributed by atoms with Gasteiger partial charge in [0.05, 0.1) is 5.92 Å². The van der Waals surface area contributed by atoms with Gasteiger partial charge in [-0.1, -0.05) is 19.8 Å². The molecule has 0 radical (unpaired) electrons. The van der Waals surface area contributed by atoms with Gasteiger partial charge in [0, 0.05) is 45.3 Å². The van der Waals surface area contributed by atoms with Crippen LogP contribution in [0.2, 0.25) is 0 Å². The molecule has 1 amide bonds. The fourth-order valence-corrected chi connectivity index (χ4v) is 6.85. The smallest absolute Gasteiger partial charge is 0.281 e. The van der Waals surface area contributed by atoms with E-state index in [4.69, 9.17) is 0 Å². The lowest BCUT2D eigenvalue weighted by Crippen LogP contribution is -2.51. The number of amides is 1. The van der Waals surface area contributed by atoms with E-state index in [1.165, 1.54) is 32.2 Å². The standard InChI is InChI=1S/C21H40N4O3S/c1-2-20-11-4-7-13-23(20)14-9-12-22-21(26)19-10-8-17-25(18-19)29(27,28)24-15-5-3-6-16-24/h19-20H,2-18H2,1H3,(H,22,26). The summed E-state index contributed by atoms with van der Waals surface area (Å²) in [6.07, 6.45) is 10.6. The first kappa shape index (κ1) is 23.0. The fourth-order valence-electron chi connectivity index (χ4n) is 5.08. The average Bonchev–Trinajstić information content (AvgIpc) is 2.77. The number of hydrogen-bond acceptors (Lipinski definition) is 4. The summed E-state index contributed by atoms with van der Waals surface area (Å²) in [7, 11) is -3.42. The molecule has 8 heteroatoms. The van der Waals surface area contributed by atoms with Gasteiger partial charge in [-0.3, -0.25) is 4.79 Å². The number of carbonyl (C=O) groups excluding carboxylic acids is 1. The first-order valence-electron chi connectivity index (χ1n) is 11.8. The zero-order valence-electron chi connectivity index (χ0n) is 18.2. The maximum absolute atomic E-state index is 12.9. The lowest BCUT2D eigenvalue weighted by Gasteiger charge is -2.36. The Kier molecular flexibility index (Phi) is 8.77. The molecule has 7 nitrogen and oxygen atoms in total. The van der Waals surface area contributed by atoms with Crippen LogP contribution in [0.4, 0.5) is 0 Å². The first-order valence-corrected chi connectivity index (χ1v) is 13.2. The van der Waals surface area contributed by atoms with Crippen molar-refractivity contribution in [2.75, 3.05) is 45.8 Å². The molecule has 3 aliphatic rings. The molecule has 0 aromatic carbocycles. The van der Waals surface area contributed by atoms with Crippen LogP contribution >= 0.6 is 0 Å². The van der Waals surface area contributed by atoms with Gasteiger partial charge in [-0.2, -0.15) is 17.0 Å². The van der Waals surface area contributed by atoms with Crippen molar-refractivity contribution in [1.82, 2.24) is 18.8 Å². The highest BCUT2D eigenvalue weighted by molar-refractivity contribution is 7.86. The summed E-state index contributed by atoms with van der Waals surface area (Å²) in [5.41, 5.74) is 0. The van der Waals surface area contributed by atoms with Crippen LogP contribution in [0.25, 0.3) is 0 Å². The van der Waals surface area contributed by atoms with E-state index in [-0.39, 0.29) is 11.8 Å². The van der Waals surface area contributed by atoms with Gasteiger partial charge in [0.1, 0.15) is 0 Å². The minimum Gasteiger partial charge on any atom is -0.356 e. The third kappa shape index (κ3) is 6.15. The van der Waals surface area contributed by atoms with E-state index in [0.717, 1.165) is 45.1 Å². The van der Waals surface area contributed by atoms with Gasteiger partial charge in [-0.25, -0.2) is 0 Å². The van der Waals surface area contributed by atoms with Crippen molar-refractivity contribution >= 4 is 16.1 Å². The molecule has 3 aliphatic heterocycles. The van der Waals surface area contributed by atoms with Crippen molar-refractivity contribution in [3.05, 3.63) is 0 Å². The minimum atomic E-state index is -3.42. The van der Waals surface area contributed by atoms with E-state index in [1.807, 2.05) is 0 Å². The van der Waals surface area contributed by atoms with E-state index in [0.29, 0.717) is 38.8 Å². The van der Waals surface area contributed by atoms with Crippen molar-refractivity contribution in [1.29, 1.82) is 0 Å². The molecule has 29 heavy (non-hydrogen) atoms. The maximum atomic E-state index is 12.9. The van der Waals surface area contributed by atoms with Crippen LogP contribution < -0.4 is 5.32 Å². The summed E-state index contributed by atoms with van der Waals surface area (Å²) < 4.78 is 29.0. The van der Waals surface area contributed by atoms with Crippen molar-refractivity contribution in [3.8, 4) is 0 Å². The molecule has 0 spiro atoms. The zero-order chi connectivity index (χ0) is 20.7. The van der Waals surface area contributed by atoms with E-state index < -0.39 is 10.2 Å². The highest BCUT2D eigenvalue weighted by Crippen LogP contribution is 2.24. The maximum Gasteiger partial charge on any atom is 0.281 e. The summed E-state index contributed by atoms with van der Waals surface area (Å²) in [5.74, 6) is -0.198. The molecule has 0 aliphatic carbocycles. The number of piperidine rings is 3. The molecular weight excluding hydrogens is 388 g/mol. The van der Waals surface area contributed by atoms with Crippen LogP contribution in [0.1, 0.15) is 71.1 Å². The van der Waals surface area contributed by atoms with Gasteiger partial charge in [0.2, 0.25) is 5.91 Å². The fraction of sp³-hybridized carbons (Fsp3) is 0.952. The van der Waals surface area contributed by atoms with Crippen molar-refractivity contribution in [2.45, 2.75) is 77.2 Å². The summed E-state index contributed by atoms with van der Waals surface area (Å²) in [5, 5.41) is 3.08. The van der Waals surface area contributed by atoms with E-state index in [9.17, 15) is 13.2 Å². The van der Waals surface area contributed by atoms with Crippen LogP contribution in [0.15, 0.2) is 0 Å². The zero-order valence-corrected chi connectivity index (χ0v) is 19.0. The van der Waals surface area contributed by atoms with Gasteiger partial charge in [0.15, 0.2) is 0 Å². The summed E-state index contributed by atoms with van der Waals surface area (Å²) in [6.45, 7) is 7.26. The highest BCUT2D eigenvalue weighted by atomic mass is 32.2. The predicted molar refractivity (Wildman–Crippen MR) is 116 cm³/mol. The minimum absolute atomic E-state index is 0.0224. The van der Waals surface area contributed by atoms with Gasteiger partial charge in [0.25, 0.3) is 10.2 Å². The number of rotatable bonds is 8. The summed E-state index contributed by atoms with van der Waals surface area (Å²) in [6, 6.07) is 0.700. The monoisotopic (exact) mass is 428 g/mol. The van der Waals surface area contributed by atoms with Crippen LogP contribution in [0.5, 0.6) is 0 Å².